The fraction of sp³-hybridized carbons (Fsp3) is 0.500. The van der Waals surface area contributed by atoms with Gasteiger partial charge in [0.2, 0.25) is 29.5 Å². The van der Waals surface area contributed by atoms with Crippen LogP contribution in [0.4, 0.5) is 30.2 Å². The Bertz CT molecular complexity index is 2940. The summed E-state index contributed by atoms with van der Waals surface area (Å²) in [6.45, 7) is 12.4. The molecule has 81 heavy (non-hydrogen) atoms. The second-order valence-corrected chi connectivity index (χ2v) is 22.5. The maximum absolute atomic E-state index is 15.2. The largest absolute Gasteiger partial charge is 0.383 e. The summed E-state index contributed by atoms with van der Waals surface area (Å²) in [6, 6.07) is 17.2. The minimum atomic E-state index is -1.44. The van der Waals surface area contributed by atoms with Crippen LogP contribution < -0.4 is 31.9 Å². The average Bonchev–Trinajstić information content (AvgIpc) is 4.22. The van der Waals surface area contributed by atoms with Crippen molar-refractivity contribution in [3.8, 4) is 0 Å². The lowest BCUT2D eigenvalue weighted by molar-refractivity contribution is -0.149. The standard InChI is InChI=1S/C60H75F3N10O8/c1-36-30-71(45(29-65-36)32-70-22-25-81-34-37(70)2)33-52(75)72(59(79)60(4)35-66-50-27-40(13-18-47(50)60)26-39-11-15-43(61)16-12-39)21-7-10-51(74)67-44-17-14-42-31-73(55(46(42)28-44)57(77)69-54-48(62)8-6-9-49(54)63)58(78)53(41-19-23-80-24-20-41)68-56(76)38(3)64-5/h6,8-9,11-18,27-28,36-38,41,45,53,55,64-66H,7,10,19-26,29-35H2,1-5H3,(H,67,74)(H,68,76)(H,69,77)/t36-,37-,38+,45-,53+,55+,60-/m1/s1. The highest BCUT2D eigenvalue weighted by molar-refractivity contribution is 6.04. The zero-order valence-corrected chi connectivity index (χ0v) is 46.8. The number of hydrogen-bond acceptors (Lipinski definition) is 13. The van der Waals surface area contributed by atoms with Crippen molar-refractivity contribution in [3.05, 3.63) is 124 Å². The van der Waals surface area contributed by atoms with Gasteiger partial charge in [0.1, 0.15) is 35.2 Å². The van der Waals surface area contributed by atoms with Crippen LogP contribution in [0, 0.1) is 23.4 Å². The average molecular weight is 1120 g/mol. The number of ether oxygens (including phenoxy) is 2. The Hall–Kier alpha value is -6.75. The van der Waals surface area contributed by atoms with Gasteiger partial charge in [0.25, 0.3) is 5.91 Å². The van der Waals surface area contributed by atoms with E-state index in [1.807, 2.05) is 25.1 Å². The summed E-state index contributed by atoms with van der Waals surface area (Å²) < 4.78 is 55.1. The van der Waals surface area contributed by atoms with Crippen LogP contribution in [0.5, 0.6) is 0 Å². The Morgan fingerprint density at radius 1 is 0.877 bits per heavy atom. The number of para-hydroxylation sites is 1. The molecule has 5 aliphatic rings. The predicted octanol–water partition coefficient (Wildman–Crippen LogP) is 5.08. The number of anilines is 3. The van der Waals surface area contributed by atoms with Gasteiger partial charge in [-0.3, -0.25) is 43.5 Å². The number of hydrogen-bond donors (Lipinski definition) is 6. The molecule has 6 amide bonds. The number of fused-ring (bicyclic) bond motifs is 2. The SMILES string of the molecule is CN[C@@H](C)C(=O)N[C@H](C(=O)N1Cc2ccc(NC(=O)CCCN(C(=O)CN3C[C@@H](C)NC[C@@H]3CN3CCOC[C@H]3C)C(=O)[C@]3(C)CNc4cc(Cc5ccc(F)cc5)ccc43)cc2[C@H]1C(=O)Nc1c(F)cccc1F)C1CCOCC1. The van der Waals surface area contributed by atoms with E-state index in [4.69, 9.17) is 9.47 Å². The number of morpholine rings is 1. The van der Waals surface area contributed by atoms with Gasteiger partial charge >= 0.3 is 0 Å². The van der Waals surface area contributed by atoms with E-state index in [-0.39, 0.29) is 80.5 Å². The van der Waals surface area contributed by atoms with Crippen molar-refractivity contribution in [2.75, 3.05) is 95.2 Å². The van der Waals surface area contributed by atoms with Crippen molar-refractivity contribution in [1.82, 2.24) is 35.6 Å². The molecule has 9 rings (SSSR count). The number of halogens is 3. The van der Waals surface area contributed by atoms with Crippen LogP contribution in [0.2, 0.25) is 0 Å². The van der Waals surface area contributed by atoms with Crippen molar-refractivity contribution >= 4 is 52.5 Å². The van der Waals surface area contributed by atoms with Gasteiger partial charge in [-0.05, 0) is 137 Å². The van der Waals surface area contributed by atoms with E-state index in [1.165, 1.54) is 21.9 Å². The molecule has 3 saturated heterocycles. The first-order chi connectivity index (χ1) is 38.9. The molecule has 4 aromatic carbocycles. The van der Waals surface area contributed by atoms with Crippen molar-refractivity contribution in [2.45, 2.75) is 108 Å². The Balaban J connectivity index is 0.941. The predicted molar refractivity (Wildman–Crippen MR) is 299 cm³/mol. The van der Waals surface area contributed by atoms with E-state index in [2.05, 4.69) is 55.5 Å². The number of rotatable bonds is 19. The molecule has 7 atom stereocenters. The molecule has 434 valence electrons. The third kappa shape index (κ3) is 13.6. The highest BCUT2D eigenvalue weighted by Crippen LogP contribution is 2.41. The zero-order valence-electron chi connectivity index (χ0n) is 46.8. The molecular formula is C60H75F3N10O8. The number of amides is 6. The molecule has 0 saturated carbocycles. The summed E-state index contributed by atoms with van der Waals surface area (Å²) in [5.74, 6) is -5.88. The summed E-state index contributed by atoms with van der Waals surface area (Å²) >= 11 is 0. The molecule has 0 aromatic heterocycles. The fourth-order valence-electron chi connectivity index (χ4n) is 11.8. The lowest BCUT2D eigenvalue weighted by Gasteiger charge is -2.44. The molecule has 6 N–H and O–H groups in total. The fourth-order valence-corrected chi connectivity index (χ4v) is 11.8. The highest BCUT2D eigenvalue weighted by atomic mass is 19.1. The maximum atomic E-state index is 15.2. The van der Waals surface area contributed by atoms with Gasteiger partial charge in [-0.1, -0.05) is 36.4 Å². The van der Waals surface area contributed by atoms with Crippen molar-refractivity contribution in [1.29, 1.82) is 0 Å². The van der Waals surface area contributed by atoms with E-state index in [1.54, 1.807) is 44.3 Å². The summed E-state index contributed by atoms with van der Waals surface area (Å²) in [5.41, 5.74) is 2.62. The number of likely N-dealkylation sites (N-methyl/N-ethyl adjacent to an activating group) is 1. The van der Waals surface area contributed by atoms with Crippen molar-refractivity contribution in [3.63, 3.8) is 0 Å². The van der Waals surface area contributed by atoms with E-state index >= 15 is 13.6 Å². The molecule has 0 bridgehead atoms. The number of imide groups is 1. The van der Waals surface area contributed by atoms with Gasteiger partial charge in [-0.25, -0.2) is 13.2 Å². The number of nitrogens with one attached hydrogen (secondary N) is 6. The number of carbonyl (C=O) groups is 6. The van der Waals surface area contributed by atoms with Gasteiger partial charge in [0.05, 0.1) is 31.2 Å². The van der Waals surface area contributed by atoms with Gasteiger partial charge in [-0.2, -0.15) is 0 Å². The van der Waals surface area contributed by atoms with Gasteiger partial charge in [-0.15, -0.1) is 0 Å². The lowest BCUT2D eigenvalue weighted by Crippen LogP contribution is -2.62. The Morgan fingerprint density at radius 2 is 1.62 bits per heavy atom. The second kappa shape index (κ2) is 26.0. The Morgan fingerprint density at radius 3 is 2.35 bits per heavy atom. The molecule has 0 aliphatic carbocycles. The van der Waals surface area contributed by atoms with Gasteiger partial charge < -0.3 is 46.3 Å². The quantitative estimate of drug-likeness (QED) is 0.0727. The normalized spacial score (nSPS) is 22.9. The highest BCUT2D eigenvalue weighted by Gasteiger charge is 2.47. The number of benzene rings is 4. The minimum Gasteiger partial charge on any atom is -0.383 e. The zero-order chi connectivity index (χ0) is 57.5. The monoisotopic (exact) mass is 1120 g/mol. The van der Waals surface area contributed by atoms with E-state index in [0.717, 1.165) is 47.1 Å². The third-order valence-corrected chi connectivity index (χ3v) is 16.7. The number of carbonyl (C=O) groups excluding carboxylic acids is 6. The maximum Gasteiger partial charge on any atom is 0.252 e. The number of piperazine rings is 1. The third-order valence-electron chi connectivity index (χ3n) is 16.7. The van der Waals surface area contributed by atoms with Crippen molar-refractivity contribution < 1.29 is 51.4 Å². The lowest BCUT2D eigenvalue weighted by atomic mass is 9.82. The first-order valence-electron chi connectivity index (χ1n) is 28.2. The summed E-state index contributed by atoms with van der Waals surface area (Å²) in [6.07, 6.45) is 1.44. The van der Waals surface area contributed by atoms with Crippen LogP contribution in [0.1, 0.15) is 87.2 Å². The first-order valence-corrected chi connectivity index (χ1v) is 28.2. The molecule has 0 spiro atoms. The molecule has 4 aromatic rings. The van der Waals surface area contributed by atoms with E-state index in [0.29, 0.717) is 76.5 Å². The summed E-state index contributed by atoms with van der Waals surface area (Å²) in [5, 5.41) is 18.0. The molecule has 0 unspecified atom stereocenters. The van der Waals surface area contributed by atoms with Crippen molar-refractivity contribution in [2.24, 2.45) is 5.92 Å². The van der Waals surface area contributed by atoms with Crippen LogP contribution in [0.25, 0.3) is 0 Å². The second-order valence-electron chi connectivity index (χ2n) is 22.5. The smallest absolute Gasteiger partial charge is 0.252 e. The summed E-state index contributed by atoms with van der Waals surface area (Å²) in [4.78, 5) is 93.8. The molecule has 3 fully saturated rings. The van der Waals surface area contributed by atoms with E-state index < -0.39 is 70.4 Å². The molecule has 5 heterocycles. The van der Waals surface area contributed by atoms with Gasteiger partial charge in [0, 0.05) is 94.9 Å². The Kier molecular flexibility index (Phi) is 18.9. The molecule has 0 radical (unpaired) electrons. The van der Waals surface area contributed by atoms with Gasteiger partial charge in [0.15, 0.2) is 0 Å². The molecule has 18 nitrogen and oxygen atoms in total. The van der Waals surface area contributed by atoms with Crippen LogP contribution >= 0.6 is 0 Å². The molecule has 21 heteroatoms. The minimum absolute atomic E-state index is 0.0233. The van der Waals surface area contributed by atoms with E-state index in [9.17, 15) is 28.4 Å². The number of nitrogens with zero attached hydrogens (tertiary/aromatic N) is 4. The summed E-state index contributed by atoms with van der Waals surface area (Å²) in [7, 11) is 1.62. The van der Waals surface area contributed by atoms with Crippen LogP contribution in [-0.2, 0) is 56.6 Å². The molecule has 5 aliphatic heterocycles. The Labute approximate surface area is 471 Å². The van der Waals surface area contributed by atoms with Crippen LogP contribution in [0.3, 0.4) is 0 Å². The topological polar surface area (TPSA) is 206 Å². The first kappa shape index (κ1) is 58.9. The molecular weight excluding hydrogens is 1050 g/mol. The van der Waals surface area contributed by atoms with Crippen LogP contribution in [0.15, 0.2) is 78.9 Å². The van der Waals surface area contributed by atoms with Crippen LogP contribution in [-0.4, -0.2) is 165 Å².